The predicted molar refractivity (Wildman–Crippen MR) is 64.1 cm³/mol. The molecule has 0 fully saturated rings. The molecule has 17 heavy (non-hydrogen) atoms. The van der Waals surface area contributed by atoms with Gasteiger partial charge >= 0.3 is 5.97 Å². The van der Waals surface area contributed by atoms with Gasteiger partial charge in [-0.3, -0.25) is 4.79 Å². The molecule has 1 aromatic carbocycles. The fraction of sp³-hybridized carbons (Fsp3) is 0.214. The average Bonchev–Trinajstić information content (AvgIpc) is 2.29. The molecule has 0 atom stereocenters. The van der Waals surface area contributed by atoms with Crippen LogP contribution in [0.3, 0.4) is 0 Å². The van der Waals surface area contributed by atoms with Crippen molar-refractivity contribution in [2.45, 2.75) is 19.3 Å². The molecular weight excluding hydrogens is 219 g/mol. The Hall–Kier alpha value is -1.90. The molecule has 3 heteroatoms. The third-order valence-corrected chi connectivity index (χ3v) is 2.69. The van der Waals surface area contributed by atoms with Gasteiger partial charge in [0.05, 0.1) is 6.42 Å². The van der Waals surface area contributed by atoms with E-state index in [-0.39, 0.29) is 12.2 Å². The van der Waals surface area contributed by atoms with Crippen LogP contribution in [0.15, 0.2) is 36.4 Å². The zero-order valence-corrected chi connectivity index (χ0v) is 9.32. The maximum absolute atomic E-state index is 13.8. The summed E-state index contributed by atoms with van der Waals surface area (Å²) in [5.74, 6) is -1.31. The maximum Gasteiger partial charge on any atom is 0.307 e. The van der Waals surface area contributed by atoms with E-state index in [0.717, 1.165) is 18.4 Å². The van der Waals surface area contributed by atoms with Gasteiger partial charge < -0.3 is 5.11 Å². The third kappa shape index (κ3) is 2.81. The van der Waals surface area contributed by atoms with Crippen LogP contribution in [0.4, 0.5) is 4.39 Å². The highest BCUT2D eigenvalue weighted by molar-refractivity contribution is 5.76. The van der Waals surface area contributed by atoms with Gasteiger partial charge in [-0.25, -0.2) is 4.39 Å². The molecule has 0 spiro atoms. The molecule has 0 saturated carbocycles. The standard InChI is InChI=1S/C14H13FO2/c15-13-8-10(9-14(16)17)6-7-12(13)11-4-2-1-3-5-11/h2,4-8H,1,3,9H2,(H,16,17). The number of carbonyl (C=O) groups is 1. The number of benzene rings is 1. The predicted octanol–water partition coefficient (Wildman–Crippen LogP) is 3.19. The van der Waals surface area contributed by atoms with Crippen molar-refractivity contribution in [1.82, 2.24) is 0 Å². The van der Waals surface area contributed by atoms with Crippen LogP contribution < -0.4 is 0 Å². The number of halogens is 1. The second-order valence-corrected chi connectivity index (χ2v) is 4.02. The fourth-order valence-corrected chi connectivity index (χ4v) is 1.89. The Morgan fingerprint density at radius 2 is 2.18 bits per heavy atom. The lowest BCUT2D eigenvalue weighted by Crippen LogP contribution is -2.01. The summed E-state index contributed by atoms with van der Waals surface area (Å²) in [7, 11) is 0. The van der Waals surface area contributed by atoms with Crippen molar-refractivity contribution in [3.63, 3.8) is 0 Å². The zero-order chi connectivity index (χ0) is 12.3. The molecule has 0 heterocycles. The van der Waals surface area contributed by atoms with Crippen molar-refractivity contribution in [3.8, 4) is 0 Å². The summed E-state index contributed by atoms with van der Waals surface area (Å²) < 4.78 is 13.8. The molecule has 2 nitrogen and oxygen atoms in total. The van der Waals surface area contributed by atoms with Gasteiger partial charge in [-0.05, 0) is 30.0 Å². The third-order valence-electron chi connectivity index (χ3n) is 2.69. The molecule has 0 radical (unpaired) electrons. The number of rotatable bonds is 3. The van der Waals surface area contributed by atoms with E-state index in [0.29, 0.717) is 11.1 Å². The molecule has 1 aliphatic rings. The summed E-state index contributed by atoms with van der Waals surface area (Å²) in [6.45, 7) is 0. The van der Waals surface area contributed by atoms with Crippen LogP contribution in [-0.2, 0) is 11.2 Å². The summed E-state index contributed by atoms with van der Waals surface area (Å²) in [6, 6.07) is 4.61. The smallest absolute Gasteiger partial charge is 0.307 e. The summed E-state index contributed by atoms with van der Waals surface area (Å²) in [5.41, 5.74) is 1.89. The highest BCUT2D eigenvalue weighted by atomic mass is 19.1. The topological polar surface area (TPSA) is 37.3 Å². The highest BCUT2D eigenvalue weighted by Crippen LogP contribution is 2.24. The quantitative estimate of drug-likeness (QED) is 0.869. The van der Waals surface area contributed by atoms with Crippen molar-refractivity contribution in [3.05, 3.63) is 53.4 Å². The second kappa shape index (κ2) is 4.95. The van der Waals surface area contributed by atoms with Crippen LogP contribution in [0.1, 0.15) is 24.0 Å². The normalized spacial score (nSPS) is 14.5. The first kappa shape index (κ1) is 11.6. The van der Waals surface area contributed by atoms with Gasteiger partial charge in [0.2, 0.25) is 0 Å². The largest absolute Gasteiger partial charge is 0.481 e. The lowest BCUT2D eigenvalue weighted by molar-refractivity contribution is -0.136. The van der Waals surface area contributed by atoms with Gasteiger partial charge in [-0.1, -0.05) is 30.4 Å². The molecule has 0 aromatic heterocycles. The van der Waals surface area contributed by atoms with E-state index in [1.807, 2.05) is 18.2 Å². The Bertz CT molecular complexity index is 501. The lowest BCUT2D eigenvalue weighted by Gasteiger charge is -2.09. The first-order valence-corrected chi connectivity index (χ1v) is 5.54. The first-order chi connectivity index (χ1) is 8.16. The fourth-order valence-electron chi connectivity index (χ4n) is 1.89. The van der Waals surface area contributed by atoms with E-state index in [1.165, 1.54) is 6.07 Å². The molecule has 1 N–H and O–H groups in total. The molecule has 1 aliphatic carbocycles. The number of carboxylic acid groups (broad SMARTS) is 1. The van der Waals surface area contributed by atoms with E-state index in [1.54, 1.807) is 12.1 Å². The molecule has 88 valence electrons. The van der Waals surface area contributed by atoms with Crippen molar-refractivity contribution in [1.29, 1.82) is 0 Å². The minimum absolute atomic E-state index is 0.147. The van der Waals surface area contributed by atoms with E-state index >= 15 is 0 Å². The van der Waals surface area contributed by atoms with E-state index in [9.17, 15) is 9.18 Å². The lowest BCUT2D eigenvalue weighted by atomic mass is 9.97. The minimum Gasteiger partial charge on any atom is -0.481 e. The van der Waals surface area contributed by atoms with Crippen LogP contribution in [0.25, 0.3) is 5.57 Å². The second-order valence-electron chi connectivity index (χ2n) is 4.02. The number of hydrogen-bond donors (Lipinski definition) is 1. The van der Waals surface area contributed by atoms with Crippen LogP contribution in [0, 0.1) is 5.82 Å². The molecule has 0 unspecified atom stereocenters. The monoisotopic (exact) mass is 232 g/mol. The summed E-state index contributed by atoms with van der Waals surface area (Å²) in [4.78, 5) is 10.5. The average molecular weight is 232 g/mol. The van der Waals surface area contributed by atoms with Crippen molar-refractivity contribution >= 4 is 11.5 Å². The van der Waals surface area contributed by atoms with Gasteiger partial charge in [0.1, 0.15) is 5.82 Å². The minimum atomic E-state index is -0.950. The van der Waals surface area contributed by atoms with Gasteiger partial charge in [0.15, 0.2) is 0 Å². The summed E-state index contributed by atoms with van der Waals surface area (Å²) in [5, 5.41) is 8.63. The Balaban J connectivity index is 2.28. The van der Waals surface area contributed by atoms with Crippen LogP contribution in [-0.4, -0.2) is 11.1 Å². The number of aliphatic carboxylic acids is 1. The number of hydrogen-bond acceptors (Lipinski definition) is 1. The molecule has 0 saturated heterocycles. The zero-order valence-electron chi connectivity index (χ0n) is 9.32. The first-order valence-electron chi connectivity index (χ1n) is 5.54. The van der Waals surface area contributed by atoms with Crippen molar-refractivity contribution < 1.29 is 14.3 Å². The van der Waals surface area contributed by atoms with Crippen LogP contribution in [0.5, 0.6) is 0 Å². The van der Waals surface area contributed by atoms with Crippen LogP contribution in [0.2, 0.25) is 0 Å². The Kier molecular flexibility index (Phi) is 3.38. The summed E-state index contributed by atoms with van der Waals surface area (Å²) in [6.07, 6.45) is 7.67. The van der Waals surface area contributed by atoms with Crippen LogP contribution >= 0.6 is 0 Å². The summed E-state index contributed by atoms with van der Waals surface area (Å²) >= 11 is 0. The van der Waals surface area contributed by atoms with Gasteiger partial charge in [0.25, 0.3) is 0 Å². The number of allylic oxidation sites excluding steroid dienone is 4. The number of carboxylic acids is 1. The Morgan fingerprint density at radius 1 is 1.35 bits per heavy atom. The van der Waals surface area contributed by atoms with Crippen molar-refractivity contribution in [2.24, 2.45) is 0 Å². The molecule has 2 rings (SSSR count). The molecule has 0 bridgehead atoms. The van der Waals surface area contributed by atoms with Gasteiger partial charge in [0, 0.05) is 5.56 Å². The Morgan fingerprint density at radius 3 is 2.76 bits per heavy atom. The highest BCUT2D eigenvalue weighted by Gasteiger charge is 2.09. The SMILES string of the molecule is O=C(O)Cc1ccc(C2=CCCC=C2)c(F)c1. The molecule has 1 aromatic rings. The van der Waals surface area contributed by atoms with E-state index < -0.39 is 5.97 Å². The van der Waals surface area contributed by atoms with Gasteiger partial charge in [-0.2, -0.15) is 0 Å². The molecular formula is C14H13FO2. The molecule has 0 aliphatic heterocycles. The van der Waals surface area contributed by atoms with Gasteiger partial charge in [-0.15, -0.1) is 0 Å². The van der Waals surface area contributed by atoms with E-state index in [2.05, 4.69) is 0 Å². The van der Waals surface area contributed by atoms with Crippen molar-refractivity contribution in [2.75, 3.05) is 0 Å². The maximum atomic E-state index is 13.8. The Labute approximate surface area is 99.1 Å². The van der Waals surface area contributed by atoms with E-state index in [4.69, 9.17) is 5.11 Å². The molecule has 0 amide bonds.